The number of aliphatic carboxylic acids is 1. The zero-order valence-corrected chi connectivity index (χ0v) is 6.84. The van der Waals surface area contributed by atoms with Crippen molar-refractivity contribution in [3.63, 3.8) is 0 Å². The average molecular weight is 194 g/mol. The fourth-order valence-corrected chi connectivity index (χ4v) is 1.01. The van der Waals surface area contributed by atoms with Crippen molar-refractivity contribution in [2.75, 3.05) is 6.61 Å². The second-order valence-electron chi connectivity index (χ2n) is 3.05. The minimum Gasteiger partial charge on any atom is -0.481 e. The highest BCUT2D eigenvalue weighted by Gasteiger charge is 2.77. The highest BCUT2D eigenvalue weighted by atomic mass is 19.3. The molecule has 0 aromatic rings. The lowest BCUT2D eigenvalue weighted by atomic mass is 10.1. The molecule has 6 heteroatoms. The molecular weight excluding hydrogens is 186 g/mol. The maximum Gasteiger partial charge on any atom is 0.319 e. The highest BCUT2D eigenvalue weighted by molar-refractivity contribution is 5.81. The largest absolute Gasteiger partial charge is 0.481 e. The van der Waals surface area contributed by atoms with Gasteiger partial charge in [0.05, 0.1) is 0 Å². The van der Waals surface area contributed by atoms with Crippen molar-refractivity contribution in [1.29, 1.82) is 0 Å². The first-order valence-corrected chi connectivity index (χ1v) is 3.56. The second kappa shape index (κ2) is 2.65. The molecule has 0 spiro atoms. The van der Waals surface area contributed by atoms with Gasteiger partial charge in [0, 0.05) is 13.3 Å². The summed E-state index contributed by atoms with van der Waals surface area (Å²) < 4.78 is 29.4. The molecule has 1 fully saturated rings. The van der Waals surface area contributed by atoms with E-state index in [1.54, 1.807) is 0 Å². The molecule has 0 radical (unpaired) electrons. The summed E-state index contributed by atoms with van der Waals surface area (Å²) in [5.74, 6) is -5.64. The zero-order chi connectivity index (χ0) is 10.3. The summed E-state index contributed by atoms with van der Waals surface area (Å²) in [5, 5.41) is 8.48. The summed E-state index contributed by atoms with van der Waals surface area (Å²) in [6, 6.07) is 0. The molecule has 1 N–H and O–H groups in total. The van der Waals surface area contributed by atoms with Crippen molar-refractivity contribution in [3.8, 4) is 0 Å². The quantitative estimate of drug-likeness (QED) is 0.670. The predicted octanol–water partition coefficient (Wildman–Crippen LogP) is 0.659. The number of carboxylic acid groups (broad SMARTS) is 1. The Kier molecular flexibility index (Phi) is 2.01. The summed E-state index contributed by atoms with van der Waals surface area (Å²) in [6.07, 6.45) is -0.761. The fraction of sp³-hybridized carbons (Fsp3) is 0.714. The Morgan fingerprint density at radius 1 is 1.54 bits per heavy atom. The van der Waals surface area contributed by atoms with Gasteiger partial charge in [-0.25, -0.2) is 8.78 Å². The van der Waals surface area contributed by atoms with Crippen molar-refractivity contribution in [2.45, 2.75) is 19.3 Å². The van der Waals surface area contributed by atoms with Crippen molar-refractivity contribution in [1.82, 2.24) is 0 Å². The number of hydrogen-bond donors (Lipinski definition) is 1. The SMILES string of the molecule is CC(=O)OC[C@@]1(C(=O)O)CC1(F)F. The molecule has 0 aromatic carbocycles. The molecule has 74 valence electrons. The maximum atomic E-state index is 12.6. The van der Waals surface area contributed by atoms with Gasteiger partial charge in [0.25, 0.3) is 5.92 Å². The third-order valence-electron chi connectivity index (χ3n) is 2.03. The lowest BCUT2D eigenvalue weighted by molar-refractivity contribution is -0.156. The molecule has 0 amide bonds. The Morgan fingerprint density at radius 2 is 2.00 bits per heavy atom. The van der Waals surface area contributed by atoms with E-state index in [1.807, 2.05) is 0 Å². The number of ether oxygens (including phenoxy) is 1. The molecule has 1 aliphatic carbocycles. The van der Waals surface area contributed by atoms with E-state index >= 15 is 0 Å². The first-order valence-electron chi connectivity index (χ1n) is 3.56. The van der Waals surface area contributed by atoms with Crippen LogP contribution in [-0.2, 0) is 14.3 Å². The molecule has 0 saturated heterocycles. The summed E-state index contributed by atoms with van der Waals surface area (Å²) in [4.78, 5) is 20.7. The van der Waals surface area contributed by atoms with E-state index in [-0.39, 0.29) is 0 Å². The number of halogens is 2. The van der Waals surface area contributed by atoms with Gasteiger partial charge < -0.3 is 9.84 Å². The second-order valence-corrected chi connectivity index (χ2v) is 3.05. The van der Waals surface area contributed by atoms with Crippen LogP contribution in [-0.4, -0.2) is 29.6 Å². The molecule has 4 nitrogen and oxygen atoms in total. The molecule has 13 heavy (non-hydrogen) atoms. The highest BCUT2D eigenvalue weighted by Crippen LogP contribution is 2.60. The lowest BCUT2D eigenvalue weighted by Gasteiger charge is -2.10. The number of carbonyl (C=O) groups excluding carboxylic acids is 1. The van der Waals surface area contributed by atoms with E-state index in [0.29, 0.717) is 0 Å². The van der Waals surface area contributed by atoms with Gasteiger partial charge in [0.2, 0.25) is 0 Å². The number of carboxylic acids is 1. The van der Waals surface area contributed by atoms with E-state index in [1.165, 1.54) is 0 Å². The van der Waals surface area contributed by atoms with Crippen LogP contribution in [0.3, 0.4) is 0 Å². The number of alkyl halides is 2. The van der Waals surface area contributed by atoms with Crippen LogP contribution >= 0.6 is 0 Å². The molecule has 1 rings (SSSR count). The molecule has 1 aliphatic rings. The normalized spacial score (nSPS) is 29.5. The summed E-state index contributed by atoms with van der Waals surface area (Å²) in [7, 11) is 0. The monoisotopic (exact) mass is 194 g/mol. The summed E-state index contributed by atoms with van der Waals surface area (Å²) >= 11 is 0. The first kappa shape index (κ1) is 9.88. The van der Waals surface area contributed by atoms with Crippen molar-refractivity contribution < 1.29 is 28.2 Å². The van der Waals surface area contributed by atoms with Gasteiger partial charge in [0.1, 0.15) is 6.61 Å². The number of rotatable bonds is 3. The minimum atomic E-state index is -3.26. The van der Waals surface area contributed by atoms with Gasteiger partial charge >= 0.3 is 11.9 Å². The predicted molar refractivity (Wildman–Crippen MR) is 36.3 cm³/mol. The van der Waals surface area contributed by atoms with E-state index in [2.05, 4.69) is 4.74 Å². The van der Waals surface area contributed by atoms with E-state index in [0.717, 1.165) is 6.92 Å². The summed E-state index contributed by atoms with van der Waals surface area (Å²) in [6.45, 7) is 0.279. The molecule has 1 saturated carbocycles. The Morgan fingerprint density at radius 3 is 2.23 bits per heavy atom. The van der Waals surface area contributed by atoms with Crippen LogP contribution in [0.1, 0.15) is 13.3 Å². The van der Waals surface area contributed by atoms with E-state index in [4.69, 9.17) is 5.11 Å². The van der Waals surface area contributed by atoms with Crippen LogP contribution < -0.4 is 0 Å². The Labute approximate surface area is 72.5 Å². The maximum absolute atomic E-state index is 12.6. The number of hydrogen-bond acceptors (Lipinski definition) is 3. The minimum absolute atomic E-state index is 0.759. The molecule has 0 aromatic heterocycles. The Bertz CT molecular complexity index is 263. The molecule has 0 unspecified atom stereocenters. The van der Waals surface area contributed by atoms with Gasteiger partial charge in [-0.1, -0.05) is 0 Å². The average Bonchev–Trinajstić information content (AvgIpc) is 2.51. The van der Waals surface area contributed by atoms with Gasteiger partial charge in [-0.15, -0.1) is 0 Å². The van der Waals surface area contributed by atoms with E-state index in [9.17, 15) is 18.4 Å². The fourth-order valence-electron chi connectivity index (χ4n) is 1.01. The molecular formula is C7H8F2O4. The molecule has 0 aliphatic heterocycles. The smallest absolute Gasteiger partial charge is 0.319 e. The van der Waals surface area contributed by atoms with Crippen LogP contribution in [0, 0.1) is 5.41 Å². The zero-order valence-electron chi connectivity index (χ0n) is 6.84. The van der Waals surface area contributed by atoms with Gasteiger partial charge in [-0.3, -0.25) is 9.59 Å². The molecule has 0 bridgehead atoms. The first-order chi connectivity index (χ1) is 5.82. The summed E-state index contributed by atoms with van der Waals surface area (Å²) in [5.41, 5.74) is -2.18. The van der Waals surface area contributed by atoms with Crippen molar-refractivity contribution >= 4 is 11.9 Å². The van der Waals surface area contributed by atoms with Crippen LogP contribution in [0.15, 0.2) is 0 Å². The molecule has 0 heterocycles. The van der Waals surface area contributed by atoms with Crippen LogP contribution in [0.5, 0.6) is 0 Å². The van der Waals surface area contributed by atoms with Crippen LogP contribution in [0.2, 0.25) is 0 Å². The lowest BCUT2D eigenvalue weighted by Crippen LogP contribution is -2.28. The van der Waals surface area contributed by atoms with E-state index < -0.39 is 36.3 Å². The Hall–Kier alpha value is -1.20. The number of esters is 1. The third-order valence-corrected chi connectivity index (χ3v) is 2.03. The molecule has 1 atom stereocenters. The topological polar surface area (TPSA) is 63.6 Å². The standard InChI is InChI=1S/C7H8F2O4/c1-4(10)13-3-6(5(11)12)2-7(6,8)9/h2-3H2,1H3,(H,11,12)/t6-/m1/s1. The van der Waals surface area contributed by atoms with Crippen LogP contribution in [0.25, 0.3) is 0 Å². The van der Waals surface area contributed by atoms with Crippen molar-refractivity contribution in [2.24, 2.45) is 5.41 Å². The Balaban J connectivity index is 2.63. The van der Waals surface area contributed by atoms with Gasteiger partial charge in [-0.05, 0) is 0 Å². The van der Waals surface area contributed by atoms with Crippen LogP contribution in [0.4, 0.5) is 8.78 Å². The van der Waals surface area contributed by atoms with Crippen molar-refractivity contribution in [3.05, 3.63) is 0 Å². The third kappa shape index (κ3) is 1.48. The number of carbonyl (C=O) groups is 2. The van der Waals surface area contributed by atoms with Gasteiger partial charge in [0.15, 0.2) is 5.41 Å². The van der Waals surface area contributed by atoms with Gasteiger partial charge in [-0.2, -0.15) is 0 Å².